The van der Waals surface area contributed by atoms with Gasteiger partial charge in [0.15, 0.2) is 10.1 Å². The highest BCUT2D eigenvalue weighted by Crippen LogP contribution is 2.36. The number of ether oxygens (including phenoxy) is 1. The summed E-state index contributed by atoms with van der Waals surface area (Å²) < 4.78 is 87.0. The maximum Gasteiger partial charge on any atom is 0.333 e. The number of nitrogens with zero attached hydrogens (tertiary/aromatic N) is 7. The summed E-state index contributed by atoms with van der Waals surface area (Å²) in [5, 5.41) is 24.6. The fraction of sp³-hybridized carbons (Fsp3) is 0.583. The molecule has 0 spiro atoms. The Balaban J connectivity index is 0.000000390. The monoisotopic (exact) mass is 991 g/mol. The first-order valence-electron chi connectivity index (χ1n) is 22.9. The van der Waals surface area contributed by atoms with Crippen molar-refractivity contribution in [2.45, 2.75) is 168 Å². The van der Waals surface area contributed by atoms with Crippen LogP contribution in [-0.4, -0.2) is 80.4 Å². The maximum absolute atomic E-state index is 14.2. The molecule has 4 rings (SSSR count). The fourth-order valence-electron chi connectivity index (χ4n) is 7.72. The largest absolute Gasteiger partial charge is 0.387 e. The molecule has 0 bridgehead atoms. The van der Waals surface area contributed by atoms with Crippen LogP contribution >= 0.6 is 0 Å². The van der Waals surface area contributed by atoms with E-state index in [1.165, 1.54) is 30.3 Å². The Morgan fingerprint density at radius 1 is 0.676 bits per heavy atom. The number of hydrogen-bond acceptors (Lipinski definition) is 11. The number of halogens is 2. The summed E-state index contributed by atoms with van der Waals surface area (Å²) in [6.45, 7) is 27.2. The van der Waals surface area contributed by atoms with Gasteiger partial charge in [0.2, 0.25) is 0 Å². The van der Waals surface area contributed by atoms with E-state index in [9.17, 15) is 30.4 Å². The van der Waals surface area contributed by atoms with Gasteiger partial charge in [0.1, 0.15) is 17.4 Å². The number of benzene rings is 2. The lowest BCUT2D eigenvalue weighted by atomic mass is 9.92. The molecule has 0 aliphatic heterocycles. The fourth-order valence-corrected chi connectivity index (χ4v) is 9.08. The second-order valence-corrected chi connectivity index (χ2v) is 22.1. The van der Waals surface area contributed by atoms with Gasteiger partial charge >= 0.3 is 6.03 Å². The Labute approximate surface area is 404 Å². The molecule has 4 aromatic rings. The van der Waals surface area contributed by atoms with Gasteiger partial charge < -0.3 is 19.9 Å². The summed E-state index contributed by atoms with van der Waals surface area (Å²) in [5.41, 5.74) is 4.73. The van der Waals surface area contributed by atoms with Crippen LogP contribution in [0.15, 0.2) is 46.5 Å². The van der Waals surface area contributed by atoms with Crippen LogP contribution in [0.25, 0.3) is 0 Å². The number of urea groups is 1. The van der Waals surface area contributed by atoms with Gasteiger partial charge in [-0.2, -0.15) is 18.6 Å². The van der Waals surface area contributed by atoms with Crippen molar-refractivity contribution in [1.82, 2.24) is 34.1 Å². The van der Waals surface area contributed by atoms with Crippen molar-refractivity contribution < 1.29 is 35.1 Å². The topological polar surface area (TPSA) is 211 Å². The van der Waals surface area contributed by atoms with Crippen LogP contribution in [-0.2, 0) is 20.0 Å². The van der Waals surface area contributed by atoms with Crippen LogP contribution in [0.5, 0.6) is 5.75 Å². The highest BCUT2D eigenvalue weighted by atomic mass is 32.2. The molecule has 20 heteroatoms. The van der Waals surface area contributed by atoms with Gasteiger partial charge in [-0.3, -0.25) is 9.36 Å². The van der Waals surface area contributed by atoms with Crippen LogP contribution in [0, 0.1) is 23.2 Å². The minimum absolute atomic E-state index is 0.0332. The summed E-state index contributed by atoms with van der Waals surface area (Å²) >= 11 is 0. The van der Waals surface area contributed by atoms with E-state index >= 15 is 0 Å². The number of carbonyl (C=O) groups is 1. The predicted octanol–water partition coefficient (Wildman–Crippen LogP) is 10.4. The zero-order valence-electron chi connectivity index (χ0n) is 43.2. The Morgan fingerprint density at radius 2 is 1.03 bits per heavy atom. The Kier molecular flexibility index (Phi) is 21.8. The number of anilines is 1. The molecule has 16 nitrogen and oxygen atoms in total. The molecule has 2 unspecified atom stereocenters. The van der Waals surface area contributed by atoms with Crippen molar-refractivity contribution in [2.24, 2.45) is 5.14 Å². The van der Waals surface area contributed by atoms with Gasteiger partial charge in [-0.15, -0.1) is 5.26 Å². The molecule has 0 saturated heterocycles. The summed E-state index contributed by atoms with van der Waals surface area (Å²) in [6.07, 6.45) is 3.31. The third-order valence-corrected chi connectivity index (χ3v) is 13.1. The quantitative estimate of drug-likeness (QED) is 0.0847. The van der Waals surface area contributed by atoms with Gasteiger partial charge in [-0.25, -0.2) is 31.9 Å². The first-order chi connectivity index (χ1) is 31.3. The molecule has 2 aromatic carbocycles. The number of nitriles is 1. The Morgan fingerprint density at radius 3 is 1.34 bits per heavy atom. The molecule has 0 radical (unpaired) electrons. The number of hydrogen-bond donors (Lipinski definition) is 3. The third-order valence-electron chi connectivity index (χ3n) is 11.1. The van der Waals surface area contributed by atoms with E-state index in [4.69, 9.17) is 15.1 Å². The molecular weight excluding hydrogens is 915 g/mol. The first-order valence-corrected chi connectivity index (χ1v) is 26.0. The summed E-state index contributed by atoms with van der Waals surface area (Å²) in [4.78, 5) is 16.9. The second-order valence-electron chi connectivity index (χ2n) is 19.0. The summed E-state index contributed by atoms with van der Waals surface area (Å²) in [6, 6.07) is 7.87. The van der Waals surface area contributed by atoms with Crippen LogP contribution < -0.4 is 19.9 Å². The normalized spacial score (nSPS) is 12.9. The summed E-state index contributed by atoms with van der Waals surface area (Å²) in [5.74, 6) is -0.0911. The van der Waals surface area contributed by atoms with Gasteiger partial charge in [0, 0.05) is 41.0 Å². The number of primary sulfonamides is 1. The standard InChI is InChI=1S/C24H38FN5O3S.C13H16FNO.C11H22N4O2S/c1-10-20(29(8)9)21-13-22(27-30(21)16(6)7)34(32,33)28-24(31)26-23-18(14(2)3)11-17(25)12-19(23)15(4)5;1-8(2)11-5-10(14)6-12(9(3)4)13(11)16-7-15;1-6-9(14(4)5)10-7-11(18(12,16)17)13-15(10)8(2)3/h11-16,20H,10H2,1-9H3,(H2,26,28,31);5-6,8-9H,1-4H3;7-9H,6H2,1-5H3,(H2,12,16,17). The first kappa shape index (κ1) is 59.2. The van der Waals surface area contributed by atoms with Gasteiger partial charge in [0.05, 0.1) is 23.5 Å². The van der Waals surface area contributed by atoms with Gasteiger partial charge in [-0.05, 0) is 128 Å². The predicted molar refractivity (Wildman–Crippen MR) is 265 cm³/mol. The van der Waals surface area contributed by atoms with Crippen LogP contribution in [0.4, 0.5) is 19.3 Å². The molecule has 0 aliphatic rings. The molecule has 380 valence electrons. The van der Waals surface area contributed by atoms with Crippen molar-refractivity contribution in [3.8, 4) is 12.0 Å². The molecule has 2 atom stereocenters. The van der Waals surface area contributed by atoms with Crippen molar-refractivity contribution in [1.29, 1.82) is 5.26 Å². The molecule has 2 heterocycles. The maximum atomic E-state index is 14.2. The average Bonchev–Trinajstić information content (AvgIpc) is 3.87. The van der Waals surface area contributed by atoms with Crippen molar-refractivity contribution in [3.63, 3.8) is 0 Å². The van der Waals surface area contributed by atoms with E-state index in [2.05, 4.69) is 27.2 Å². The van der Waals surface area contributed by atoms with Crippen molar-refractivity contribution in [3.05, 3.63) is 81.7 Å². The van der Waals surface area contributed by atoms with Crippen LogP contribution in [0.2, 0.25) is 0 Å². The van der Waals surface area contributed by atoms with E-state index in [0.29, 0.717) is 22.6 Å². The Hall–Kier alpha value is -4.94. The van der Waals surface area contributed by atoms with Crippen LogP contribution in [0.3, 0.4) is 0 Å². The zero-order valence-corrected chi connectivity index (χ0v) is 44.9. The van der Waals surface area contributed by atoms with Crippen LogP contribution in [0.1, 0.15) is 191 Å². The molecule has 4 N–H and O–H groups in total. The van der Waals surface area contributed by atoms with E-state index in [1.54, 1.807) is 21.7 Å². The lowest BCUT2D eigenvalue weighted by molar-refractivity contribution is 0.256. The van der Waals surface area contributed by atoms with E-state index in [0.717, 1.165) is 35.4 Å². The van der Waals surface area contributed by atoms with Crippen molar-refractivity contribution >= 4 is 31.8 Å². The molecule has 68 heavy (non-hydrogen) atoms. The molecular formula is C48H76F2N10O6S2. The number of amides is 2. The van der Waals surface area contributed by atoms with Crippen molar-refractivity contribution in [2.75, 3.05) is 33.5 Å². The zero-order chi connectivity index (χ0) is 52.3. The number of carbonyl (C=O) groups excluding carboxylic acids is 1. The molecule has 2 aromatic heterocycles. The number of nitrogens with two attached hydrogens (primary N) is 1. The highest BCUT2D eigenvalue weighted by molar-refractivity contribution is 7.90. The third kappa shape index (κ3) is 15.5. The highest BCUT2D eigenvalue weighted by Gasteiger charge is 2.29. The smallest absolute Gasteiger partial charge is 0.333 e. The summed E-state index contributed by atoms with van der Waals surface area (Å²) in [7, 11) is -0.230. The lowest BCUT2D eigenvalue weighted by Crippen LogP contribution is -2.35. The van der Waals surface area contributed by atoms with E-state index < -0.39 is 31.9 Å². The second kappa shape index (κ2) is 25.1. The molecule has 0 saturated carbocycles. The van der Waals surface area contributed by atoms with Gasteiger partial charge in [-0.1, -0.05) is 69.2 Å². The number of nitrogens with one attached hydrogen (secondary N) is 2. The van der Waals surface area contributed by atoms with E-state index in [-0.39, 0.29) is 63.7 Å². The number of rotatable bonds is 17. The SMILES string of the molecule is CC(C)c1cc(F)cc(C(C)C)c1OC#N.CCC(c1cc(S(=O)(=O)NC(=O)Nc2c(C(C)C)cc(F)cc2C(C)C)nn1C(C)C)N(C)C.CCC(c1cc(S(N)(=O)=O)nn1C(C)C)N(C)C. The minimum atomic E-state index is -4.24. The Bertz CT molecular complexity index is 2520. The average molecular weight is 991 g/mol. The van der Waals surface area contributed by atoms with E-state index in [1.807, 2.05) is 128 Å². The number of sulfonamides is 2. The van der Waals surface area contributed by atoms with Gasteiger partial charge in [0.25, 0.3) is 26.3 Å². The molecule has 0 fully saturated rings. The minimum Gasteiger partial charge on any atom is -0.387 e. The number of aromatic nitrogens is 4. The molecule has 2 amide bonds. The lowest BCUT2D eigenvalue weighted by Gasteiger charge is -2.24. The molecule has 0 aliphatic carbocycles.